The normalized spacial score (nSPS) is 36.7. The second kappa shape index (κ2) is 7.25. The van der Waals surface area contributed by atoms with Gasteiger partial charge in [-0.3, -0.25) is 9.69 Å². The van der Waals surface area contributed by atoms with Gasteiger partial charge in [-0.1, -0.05) is 0 Å². The summed E-state index contributed by atoms with van der Waals surface area (Å²) in [6, 6.07) is 0.509. The van der Waals surface area contributed by atoms with Crippen LogP contribution in [0, 0.1) is 11.8 Å². The number of hydrogen-bond donors (Lipinski definition) is 1. The molecule has 1 N–H and O–H groups in total. The maximum atomic E-state index is 13.5. The van der Waals surface area contributed by atoms with E-state index in [4.69, 9.17) is 9.47 Å². The van der Waals surface area contributed by atoms with Crippen LogP contribution in [0.5, 0.6) is 0 Å². The van der Waals surface area contributed by atoms with Gasteiger partial charge in [-0.05, 0) is 25.7 Å². The highest BCUT2D eigenvalue weighted by molar-refractivity contribution is 5.91. The Hall–Kier alpha value is -1.55. The average molecular weight is 418 g/mol. The molecule has 30 heavy (non-hydrogen) atoms. The first-order valence-electron chi connectivity index (χ1n) is 11.5. The summed E-state index contributed by atoms with van der Waals surface area (Å²) in [6.07, 6.45) is 5.06. The molecule has 9 nitrogen and oxygen atoms in total. The van der Waals surface area contributed by atoms with E-state index in [1.54, 1.807) is 0 Å². The van der Waals surface area contributed by atoms with Gasteiger partial charge in [0, 0.05) is 70.3 Å². The summed E-state index contributed by atoms with van der Waals surface area (Å²) in [5, 5.41) is 18.7. The smallest absolute Gasteiger partial charge is 0.291 e. The SMILES string of the molecule is O=C(c1nnc2n1CCCC2)N1C[C@H]2O[C@]3(C1)CN(C1CCOCC1)C[C@@H]3[C@@H]2CO. The molecule has 0 unspecified atom stereocenters. The molecule has 0 radical (unpaired) electrons. The Bertz CT molecular complexity index is 824. The van der Waals surface area contributed by atoms with E-state index in [1.165, 1.54) is 0 Å². The molecule has 6 rings (SSSR count). The van der Waals surface area contributed by atoms with Crippen LogP contribution in [0.3, 0.4) is 0 Å². The quantitative estimate of drug-likeness (QED) is 0.736. The minimum Gasteiger partial charge on any atom is -0.396 e. The Kier molecular flexibility index (Phi) is 4.63. The van der Waals surface area contributed by atoms with Crippen LogP contribution in [0.15, 0.2) is 0 Å². The minimum absolute atomic E-state index is 0.0369. The number of amides is 1. The number of carbonyl (C=O) groups is 1. The third-order valence-corrected chi connectivity index (χ3v) is 8.07. The molecule has 0 aliphatic carbocycles. The van der Waals surface area contributed by atoms with E-state index >= 15 is 0 Å². The van der Waals surface area contributed by atoms with Crippen molar-refractivity contribution in [2.75, 3.05) is 46.0 Å². The molecule has 1 amide bonds. The number of hydrogen-bond acceptors (Lipinski definition) is 7. The van der Waals surface area contributed by atoms with Crippen molar-refractivity contribution in [2.24, 2.45) is 11.8 Å². The van der Waals surface area contributed by atoms with Gasteiger partial charge in [0.2, 0.25) is 5.82 Å². The highest BCUT2D eigenvalue weighted by atomic mass is 16.5. The number of rotatable bonds is 3. The van der Waals surface area contributed by atoms with E-state index in [-0.39, 0.29) is 36.1 Å². The largest absolute Gasteiger partial charge is 0.396 e. The van der Waals surface area contributed by atoms with E-state index in [0.717, 1.165) is 70.8 Å². The van der Waals surface area contributed by atoms with Gasteiger partial charge in [0.15, 0.2) is 0 Å². The molecule has 1 aromatic heterocycles. The topological polar surface area (TPSA) is 93.0 Å². The number of likely N-dealkylation sites (tertiary alicyclic amines) is 2. The van der Waals surface area contributed by atoms with Gasteiger partial charge in [-0.15, -0.1) is 10.2 Å². The van der Waals surface area contributed by atoms with Gasteiger partial charge in [-0.25, -0.2) is 0 Å². The fourth-order valence-corrected chi connectivity index (χ4v) is 6.56. The van der Waals surface area contributed by atoms with Crippen molar-refractivity contribution in [3.63, 3.8) is 0 Å². The number of carbonyl (C=O) groups excluding carboxylic acids is 1. The van der Waals surface area contributed by atoms with Crippen molar-refractivity contribution in [1.82, 2.24) is 24.6 Å². The molecule has 5 aliphatic heterocycles. The molecule has 9 heteroatoms. The summed E-state index contributed by atoms with van der Waals surface area (Å²) in [6.45, 7) is 5.44. The van der Waals surface area contributed by atoms with Gasteiger partial charge < -0.3 is 24.0 Å². The highest BCUT2D eigenvalue weighted by Gasteiger charge is 2.63. The van der Waals surface area contributed by atoms with Crippen molar-refractivity contribution in [3.8, 4) is 0 Å². The molecule has 4 saturated heterocycles. The standard InChI is InChI=1S/C21H31N5O4/c27-11-15-16-9-24(14-4-7-29-8-5-14)12-21(16)13-25(10-17(15)30-21)20(28)19-23-22-18-3-1-2-6-26(18)19/h14-17,27H,1-13H2/t15-,16+,17+,21-/m0/s1. The fraction of sp³-hybridized carbons (Fsp3) is 0.857. The summed E-state index contributed by atoms with van der Waals surface area (Å²) in [4.78, 5) is 17.9. The number of ether oxygens (including phenoxy) is 2. The second-order valence-corrected chi connectivity index (χ2v) is 9.68. The Morgan fingerprint density at radius 1 is 1.17 bits per heavy atom. The van der Waals surface area contributed by atoms with E-state index in [1.807, 2.05) is 9.47 Å². The molecular weight excluding hydrogens is 386 g/mol. The first-order chi connectivity index (χ1) is 14.7. The molecule has 1 aromatic rings. The number of aliphatic hydroxyl groups is 1. The lowest BCUT2D eigenvalue weighted by atomic mass is 9.83. The molecule has 164 valence electrons. The van der Waals surface area contributed by atoms with Crippen molar-refractivity contribution in [2.45, 2.75) is 56.4 Å². The van der Waals surface area contributed by atoms with Crippen LogP contribution in [-0.2, 0) is 22.4 Å². The predicted molar refractivity (Wildman–Crippen MR) is 106 cm³/mol. The number of morpholine rings is 1. The second-order valence-electron chi connectivity index (χ2n) is 9.68. The lowest BCUT2D eigenvalue weighted by molar-refractivity contribution is -0.111. The van der Waals surface area contributed by atoms with Crippen LogP contribution in [0.25, 0.3) is 0 Å². The molecule has 0 saturated carbocycles. The third-order valence-electron chi connectivity index (χ3n) is 8.07. The van der Waals surface area contributed by atoms with Gasteiger partial charge in [-0.2, -0.15) is 0 Å². The lowest BCUT2D eigenvalue weighted by Crippen LogP contribution is -2.56. The lowest BCUT2D eigenvalue weighted by Gasteiger charge is -2.41. The van der Waals surface area contributed by atoms with E-state index in [9.17, 15) is 9.90 Å². The number of aryl methyl sites for hydroxylation is 1. The monoisotopic (exact) mass is 417 g/mol. The van der Waals surface area contributed by atoms with Crippen LogP contribution in [0.4, 0.5) is 0 Å². The van der Waals surface area contributed by atoms with Crippen LogP contribution in [0.1, 0.15) is 42.1 Å². The van der Waals surface area contributed by atoms with Crippen molar-refractivity contribution >= 4 is 5.91 Å². The zero-order chi connectivity index (χ0) is 20.3. The first kappa shape index (κ1) is 19.2. The molecule has 1 spiro atoms. The molecule has 0 aromatic carbocycles. The van der Waals surface area contributed by atoms with Crippen LogP contribution >= 0.6 is 0 Å². The summed E-state index contributed by atoms with van der Waals surface area (Å²) in [5.41, 5.74) is -0.380. The van der Waals surface area contributed by atoms with Crippen LogP contribution in [-0.4, -0.2) is 99.3 Å². The van der Waals surface area contributed by atoms with E-state index < -0.39 is 0 Å². The van der Waals surface area contributed by atoms with Gasteiger partial charge in [0.05, 0.1) is 12.6 Å². The summed E-state index contributed by atoms with van der Waals surface area (Å²) < 4.78 is 14.1. The summed E-state index contributed by atoms with van der Waals surface area (Å²) >= 11 is 0. The maximum absolute atomic E-state index is 13.5. The molecule has 5 aliphatic rings. The van der Waals surface area contributed by atoms with Crippen molar-refractivity contribution in [1.29, 1.82) is 0 Å². The zero-order valence-corrected chi connectivity index (χ0v) is 17.4. The Morgan fingerprint density at radius 2 is 2.03 bits per heavy atom. The number of nitrogens with zero attached hydrogens (tertiary/aromatic N) is 5. The van der Waals surface area contributed by atoms with Crippen molar-refractivity contribution in [3.05, 3.63) is 11.6 Å². The molecule has 4 fully saturated rings. The minimum atomic E-state index is -0.380. The Balaban J connectivity index is 1.26. The molecule has 4 atom stereocenters. The zero-order valence-electron chi connectivity index (χ0n) is 17.4. The first-order valence-corrected chi connectivity index (χ1v) is 11.5. The van der Waals surface area contributed by atoms with Gasteiger partial charge in [0.1, 0.15) is 11.4 Å². The van der Waals surface area contributed by atoms with E-state index in [2.05, 4.69) is 15.1 Å². The highest BCUT2D eigenvalue weighted by Crippen LogP contribution is 2.50. The summed E-state index contributed by atoms with van der Waals surface area (Å²) in [5.74, 6) is 1.71. The van der Waals surface area contributed by atoms with Crippen molar-refractivity contribution < 1.29 is 19.4 Å². The predicted octanol–water partition coefficient (Wildman–Crippen LogP) is -0.0729. The molecule has 6 heterocycles. The molecular formula is C21H31N5O4. The maximum Gasteiger partial charge on any atom is 0.291 e. The molecule has 2 bridgehead atoms. The van der Waals surface area contributed by atoms with Gasteiger partial charge >= 0.3 is 0 Å². The summed E-state index contributed by atoms with van der Waals surface area (Å²) in [7, 11) is 0. The number of fused-ring (bicyclic) bond motifs is 2. The third kappa shape index (κ3) is 2.86. The number of aromatic nitrogens is 3. The van der Waals surface area contributed by atoms with Gasteiger partial charge in [0.25, 0.3) is 5.91 Å². The fourth-order valence-electron chi connectivity index (χ4n) is 6.56. The van der Waals surface area contributed by atoms with Crippen LogP contribution in [0.2, 0.25) is 0 Å². The Morgan fingerprint density at radius 3 is 2.87 bits per heavy atom. The van der Waals surface area contributed by atoms with E-state index in [0.29, 0.717) is 25.0 Å². The Labute approximate surface area is 176 Å². The average Bonchev–Trinajstić information content (AvgIpc) is 3.41. The number of aliphatic hydroxyl groups excluding tert-OH is 1. The van der Waals surface area contributed by atoms with Crippen LogP contribution < -0.4 is 0 Å².